The van der Waals surface area contributed by atoms with E-state index in [1.54, 1.807) is 13.8 Å². The molecule has 1 aromatic carbocycles. The van der Waals surface area contributed by atoms with Crippen LogP contribution in [-0.4, -0.2) is 39.9 Å². The molecule has 1 aromatic rings. The number of aliphatic hydroxyl groups excluding tert-OH is 1. The molecule has 0 fully saturated rings. The summed E-state index contributed by atoms with van der Waals surface area (Å²) >= 11 is 0. The Labute approximate surface area is 118 Å². The minimum atomic E-state index is -3.65. The van der Waals surface area contributed by atoms with Gasteiger partial charge in [-0.3, -0.25) is 0 Å². The first-order chi connectivity index (χ1) is 9.38. The highest BCUT2D eigenvalue weighted by Crippen LogP contribution is 2.21. The van der Waals surface area contributed by atoms with Gasteiger partial charge in [-0.1, -0.05) is 0 Å². The molecule has 0 radical (unpaired) electrons. The second-order valence-corrected chi connectivity index (χ2v) is 6.16. The van der Waals surface area contributed by atoms with Crippen molar-refractivity contribution in [3.8, 4) is 0 Å². The number of benzene rings is 1. The van der Waals surface area contributed by atoms with Gasteiger partial charge in [0.25, 0.3) is 0 Å². The van der Waals surface area contributed by atoms with Crippen molar-refractivity contribution in [1.29, 1.82) is 0 Å². The van der Waals surface area contributed by atoms with Crippen LogP contribution in [0, 0.1) is 19.7 Å². The van der Waals surface area contributed by atoms with Gasteiger partial charge in [0.05, 0.1) is 18.1 Å². The Morgan fingerprint density at radius 3 is 2.40 bits per heavy atom. The Kier molecular flexibility index (Phi) is 6.54. The molecule has 0 heterocycles. The molecule has 114 valence electrons. The molecule has 0 unspecified atom stereocenters. The lowest BCUT2D eigenvalue weighted by atomic mass is 10.1. The largest absolute Gasteiger partial charge is 0.394 e. The van der Waals surface area contributed by atoms with Crippen LogP contribution >= 0.6 is 0 Å². The fourth-order valence-corrected chi connectivity index (χ4v) is 3.46. The van der Waals surface area contributed by atoms with Crippen LogP contribution < -0.4 is 4.72 Å². The average molecular weight is 305 g/mol. The molecule has 5 nitrogen and oxygen atoms in total. The number of ether oxygens (including phenoxy) is 1. The molecule has 1 rings (SSSR count). The minimum absolute atomic E-state index is 0.0559. The fraction of sp³-hybridized carbons (Fsp3) is 0.538. The fourth-order valence-electron chi connectivity index (χ4n) is 1.94. The number of aliphatic hydroxyl groups is 1. The van der Waals surface area contributed by atoms with E-state index < -0.39 is 15.8 Å². The minimum Gasteiger partial charge on any atom is -0.394 e. The molecular weight excluding hydrogens is 285 g/mol. The summed E-state index contributed by atoms with van der Waals surface area (Å²) in [5.74, 6) is -0.448. The van der Waals surface area contributed by atoms with Crippen LogP contribution in [0.4, 0.5) is 4.39 Å². The van der Waals surface area contributed by atoms with Crippen molar-refractivity contribution in [2.45, 2.75) is 25.2 Å². The lowest BCUT2D eigenvalue weighted by Crippen LogP contribution is -2.27. The van der Waals surface area contributed by atoms with E-state index in [1.807, 2.05) is 0 Å². The Morgan fingerprint density at radius 1 is 1.25 bits per heavy atom. The SMILES string of the molecule is Cc1cc(F)cc(C)c1S(=O)(=O)NCCCOCCO. The zero-order valence-corrected chi connectivity index (χ0v) is 12.5. The van der Waals surface area contributed by atoms with Gasteiger partial charge in [-0.15, -0.1) is 0 Å². The van der Waals surface area contributed by atoms with Crippen molar-refractivity contribution >= 4 is 10.0 Å². The second-order valence-electron chi connectivity index (χ2n) is 4.46. The lowest BCUT2D eigenvalue weighted by Gasteiger charge is -2.12. The second kappa shape index (κ2) is 7.68. The maximum Gasteiger partial charge on any atom is 0.241 e. The summed E-state index contributed by atoms with van der Waals surface area (Å²) in [7, 11) is -3.65. The Hall–Kier alpha value is -1.02. The van der Waals surface area contributed by atoms with Gasteiger partial charge < -0.3 is 9.84 Å². The molecule has 0 amide bonds. The van der Waals surface area contributed by atoms with Gasteiger partial charge in [-0.25, -0.2) is 17.5 Å². The zero-order chi connectivity index (χ0) is 15.2. The highest BCUT2D eigenvalue weighted by atomic mass is 32.2. The Balaban J connectivity index is 2.66. The van der Waals surface area contributed by atoms with Crippen LogP contribution in [0.25, 0.3) is 0 Å². The van der Waals surface area contributed by atoms with Gasteiger partial charge in [-0.05, 0) is 43.5 Å². The zero-order valence-electron chi connectivity index (χ0n) is 11.6. The van der Waals surface area contributed by atoms with Crippen LogP contribution in [-0.2, 0) is 14.8 Å². The summed E-state index contributed by atoms with van der Waals surface area (Å²) in [5, 5.41) is 8.52. The molecule has 2 N–H and O–H groups in total. The van der Waals surface area contributed by atoms with Crippen LogP contribution in [0.5, 0.6) is 0 Å². The smallest absolute Gasteiger partial charge is 0.241 e. The molecule has 0 saturated heterocycles. The normalized spacial score (nSPS) is 11.8. The topological polar surface area (TPSA) is 75.6 Å². The summed E-state index contributed by atoms with van der Waals surface area (Å²) in [5.41, 5.74) is 0.762. The van der Waals surface area contributed by atoms with Crippen LogP contribution in [0.1, 0.15) is 17.5 Å². The number of aryl methyl sites for hydroxylation is 2. The van der Waals surface area contributed by atoms with Crippen molar-refractivity contribution in [2.75, 3.05) is 26.4 Å². The molecule has 7 heteroatoms. The summed E-state index contributed by atoms with van der Waals surface area (Å²) < 4.78 is 45.0. The van der Waals surface area contributed by atoms with E-state index in [2.05, 4.69) is 4.72 Å². The number of hydrogen-bond acceptors (Lipinski definition) is 4. The van der Waals surface area contributed by atoms with E-state index in [0.717, 1.165) is 0 Å². The van der Waals surface area contributed by atoms with Crippen molar-refractivity contribution in [3.05, 3.63) is 29.1 Å². The highest BCUT2D eigenvalue weighted by Gasteiger charge is 2.19. The first-order valence-corrected chi connectivity index (χ1v) is 7.82. The molecule has 0 aromatic heterocycles. The number of halogens is 1. The monoisotopic (exact) mass is 305 g/mol. The molecule has 0 aliphatic rings. The molecule has 0 bridgehead atoms. The summed E-state index contributed by atoms with van der Waals surface area (Å²) in [6.07, 6.45) is 0.499. The van der Waals surface area contributed by atoms with Crippen molar-refractivity contribution in [1.82, 2.24) is 4.72 Å². The lowest BCUT2D eigenvalue weighted by molar-refractivity contribution is 0.0913. The van der Waals surface area contributed by atoms with Gasteiger partial charge in [-0.2, -0.15) is 0 Å². The third kappa shape index (κ3) is 4.82. The molecule has 0 atom stereocenters. The molecule has 0 aliphatic carbocycles. The van der Waals surface area contributed by atoms with Gasteiger partial charge in [0.15, 0.2) is 0 Å². The van der Waals surface area contributed by atoms with Gasteiger partial charge in [0.2, 0.25) is 10.0 Å². The summed E-state index contributed by atoms with van der Waals surface area (Å²) in [6, 6.07) is 2.40. The van der Waals surface area contributed by atoms with E-state index in [-0.39, 0.29) is 24.7 Å². The number of nitrogens with one attached hydrogen (secondary N) is 1. The Bertz CT molecular complexity index is 522. The predicted octanol–water partition coefficient (Wildman–Crippen LogP) is 1.12. The van der Waals surface area contributed by atoms with Crippen molar-refractivity contribution < 1.29 is 22.7 Å². The average Bonchev–Trinajstić information content (AvgIpc) is 2.31. The van der Waals surface area contributed by atoms with Gasteiger partial charge in [0, 0.05) is 13.2 Å². The third-order valence-corrected chi connectivity index (χ3v) is 4.45. The standard InChI is InChI=1S/C13H20FNO4S/c1-10-8-12(14)9-11(2)13(10)20(17,18)15-4-3-6-19-7-5-16/h8-9,15-16H,3-7H2,1-2H3. The summed E-state index contributed by atoms with van der Waals surface area (Å²) in [6.45, 7) is 3.90. The van der Waals surface area contributed by atoms with Gasteiger partial charge >= 0.3 is 0 Å². The number of sulfonamides is 1. The molecule has 0 saturated carbocycles. The predicted molar refractivity (Wildman–Crippen MR) is 73.6 cm³/mol. The Morgan fingerprint density at radius 2 is 1.85 bits per heavy atom. The summed E-state index contributed by atoms with van der Waals surface area (Å²) in [4.78, 5) is 0.121. The molecular formula is C13H20FNO4S. The quantitative estimate of drug-likeness (QED) is 0.706. The first kappa shape index (κ1) is 17.0. The third-order valence-electron chi connectivity index (χ3n) is 2.69. The van der Waals surface area contributed by atoms with Gasteiger partial charge in [0.1, 0.15) is 5.82 Å². The van der Waals surface area contributed by atoms with E-state index in [4.69, 9.17) is 9.84 Å². The molecule has 0 aliphatic heterocycles. The van der Waals surface area contributed by atoms with E-state index in [0.29, 0.717) is 24.2 Å². The first-order valence-electron chi connectivity index (χ1n) is 6.33. The van der Waals surface area contributed by atoms with Crippen LogP contribution in [0.15, 0.2) is 17.0 Å². The molecule has 0 spiro atoms. The van der Waals surface area contributed by atoms with E-state index in [1.165, 1.54) is 12.1 Å². The number of rotatable bonds is 8. The molecule has 20 heavy (non-hydrogen) atoms. The van der Waals surface area contributed by atoms with Crippen molar-refractivity contribution in [3.63, 3.8) is 0 Å². The highest BCUT2D eigenvalue weighted by molar-refractivity contribution is 7.89. The number of hydrogen-bond donors (Lipinski definition) is 2. The van der Waals surface area contributed by atoms with Crippen LogP contribution in [0.3, 0.4) is 0 Å². The van der Waals surface area contributed by atoms with E-state index in [9.17, 15) is 12.8 Å². The van der Waals surface area contributed by atoms with E-state index >= 15 is 0 Å². The maximum atomic E-state index is 13.2. The maximum absolute atomic E-state index is 13.2. The van der Waals surface area contributed by atoms with Crippen LogP contribution in [0.2, 0.25) is 0 Å². The van der Waals surface area contributed by atoms with Crippen molar-refractivity contribution in [2.24, 2.45) is 0 Å².